The lowest BCUT2D eigenvalue weighted by atomic mass is 9.92. The van der Waals surface area contributed by atoms with Crippen LogP contribution in [0.5, 0.6) is 0 Å². The highest BCUT2D eigenvalue weighted by Gasteiger charge is 2.38. The number of nitrogens with one attached hydrogen (secondary N) is 1. The van der Waals surface area contributed by atoms with Gasteiger partial charge in [0.2, 0.25) is 0 Å². The molecule has 2 amide bonds. The molecule has 6 rings (SSSR count). The first-order chi connectivity index (χ1) is 22.1. The average Bonchev–Trinajstić information content (AvgIpc) is 3.40. The van der Waals surface area contributed by atoms with E-state index in [-0.39, 0.29) is 18.9 Å². The van der Waals surface area contributed by atoms with Crippen molar-refractivity contribution in [3.05, 3.63) is 58.2 Å². The molecule has 12 nitrogen and oxygen atoms in total. The average molecular weight is 653 g/mol. The second-order valence-corrected chi connectivity index (χ2v) is 13.8. The smallest absolute Gasteiger partial charge is 0.337 e. The Bertz CT molecular complexity index is 1660. The van der Waals surface area contributed by atoms with Gasteiger partial charge in [0.15, 0.2) is 11.8 Å². The Hall–Kier alpha value is -4.10. The number of amides is 2. The lowest BCUT2D eigenvalue weighted by Gasteiger charge is -2.41. The molecule has 1 atom stereocenters. The van der Waals surface area contributed by atoms with Crippen molar-refractivity contribution in [1.82, 2.24) is 24.8 Å². The number of aliphatic carboxylic acids is 1. The van der Waals surface area contributed by atoms with E-state index >= 15 is 0 Å². The van der Waals surface area contributed by atoms with Gasteiger partial charge in [-0.2, -0.15) is 9.61 Å². The van der Waals surface area contributed by atoms with E-state index in [0.717, 1.165) is 5.56 Å². The molecule has 2 aromatic heterocycles. The number of carboxylic acids is 1. The molecule has 0 radical (unpaired) electrons. The largest absolute Gasteiger partial charge is 0.479 e. The number of nitrogens with zero attached hydrogens (tertiary/aromatic N) is 5. The maximum atomic E-state index is 13.9. The van der Waals surface area contributed by atoms with Crippen molar-refractivity contribution in [2.45, 2.75) is 97.6 Å². The molecule has 5 heterocycles. The molecule has 3 aromatic rings. The summed E-state index contributed by atoms with van der Waals surface area (Å²) >= 11 is 0. The zero-order valence-corrected chi connectivity index (χ0v) is 28.1. The number of carbonyl (C=O) groups is 3. The van der Waals surface area contributed by atoms with Gasteiger partial charge in [-0.05, 0) is 84.4 Å². The van der Waals surface area contributed by atoms with Crippen LogP contribution in [0.4, 0.5) is 10.2 Å². The topological polar surface area (TPSA) is 139 Å². The van der Waals surface area contributed by atoms with Gasteiger partial charge in [0.25, 0.3) is 0 Å². The van der Waals surface area contributed by atoms with Crippen LogP contribution in [0.15, 0.2) is 24.3 Å². The summed E-state index contributed by atoms with van der Waals surface area (Å²) in [5, 5.41) is 17.8. The molecule has 47 heavy (non-hydrogen) atoms. The number of hydrogen-bond acceptors (Lipinski definition) is 8. The third-order valence-electron chi connectivity index (χ3n) is 8.71. The predicted molar refractivity (Wildman–Crippen MR) is 172 cm³/mol. The van der Waals surface area contributed by atoms with Crippen molar-refractivity contribution in [2.75, 3.05) is 31.1 Å². The molecule has 0 saturated carbocycles. The minimum Gasteiger partial charge on any atom is -0.479 e. The number of benzene rings is 1. The number of rotatable bonds is 5. The van der Waals surface area contributed by atoms with Crippen LogP contribution in [0.25, 0.3) is 5.65 Å². The molecular weight excluding hydrogens is 607 g/mol. The van der Waals surface area contributed by atoms with Gasteiger partial charge in [-0.15, -0.1) is 0 Å². The number of aromatic nitrogens is 3. The maximum Gasteiger partial charge on any atom is 0.337 e. The Balaban J connectivity index is 1.52. The van der Waals surface area contributed by atoms with Gasteiger partial charge in [-0.1, -0.05) is 12.1 Å². The van der Waals surface area contributed by atoms with Crippen LogP contribution in [0.1, 0.15) is 87.6 Å². The normalized spacial score (nSPS) is 18.7. The number of carboxylic acid groups (broad SMARTS) is 1. The highest BCUT2D eigenvalue weighted by atomic mass is 19.1. The Morgan fingerprint density at radius 3 is 2.53 bits per heavy atom. The quantitative estimate of drug-likeness (QED) is 0.388. The van der Waals surface area contributed by atoms with E-state index in [1.807, 2.05) is 0 Å². The fourth-order valence-electron chi connectivity index (χ4n) is 6.17. The minimum atomic E-state index is -1.30. The van der Waals surface area contributed by atoms with Crippen LogP contribution < -0.4 is 10.2 Å². The predicted octanol–water partition coefficient (Wildman–Crippen LogP) is 4.24. The molecule has 1 aromatic carbocycles. The van der Waals surface area contributed by atoms with Crippen LogP contribution in [0, 0.1) is 19.7 Å². The number of ether oxygens (including phenoxy) is 2. The minimum absolute atomic E-state index is 0.0436. The number of fused-ring (bicyclic) bond motifs is 11. The first kappa shape index (κ1) is 34.2. The number of carbonyl (C=O) groups excluding carboxylic acids is 2. The molecule has 0 spiro atoms. The summed E-state index contributed by atoms with van der Waals surface area (Å²) in [4.78, 5) is 47.5. The molecule has 3 aliphatic rings. The Kier molecular flexibility index (Phi) is 9.88. The molecule has 1 unspecified atom stereocenters. The zero-order valence-electron chi connectivity index (χ0n) is 28.1. The summed E-state index contributed by atoms with van der Waals surface area (Å²) in [6, 6.07) is 6.38. The summed E-state index contributed by atoms with van der Waals surface area (Å²) in [5.41, 5.74) is 1.88. The molecular formula is C34H45FN6O6. The number of aryl methyl sites for hydroxylation is 2. The number of anilines is 1. The van der Waals surface area contributed by atoms with E-state index < -0.39 is 35.1 Å². The van der Waals surface area contributed by atoms with Crippen LogP contribution in [-0.4, -0.2) is 79.8 Å². The highest BCUT2D eigenvalue weighted by molar-refractivity contribution is 6.34. The molecule has 1 fully saturated rings. The van der Waals surface area contributed by atoms with Gasteiger partial charge in [0.05, 0.1) is 29.0 Å². The summed E-state index contributed by atoms with van der Waals surface area (Å²) in [6.07, 6.45) is 1.40. The van der Waals surface area contributed by atoms with Crippen LogP contribution in [0.3, 0.4) is 0 Å². The first-order valence-electron chi connectivity index (χ1n) is 16.1. The third kappa shape index (κ3) is 7.90. The standard InChI is InChI=1S/C34H45FN6O6/c1-21-17-23(9-10-25(21)35)20-40-13-7-8-16-46-34(6)11-14-39(15-12-34)30-27(28(32(44)45)47-33(3,4)5)22(2)37-26-18-24(38-41(26)30)19-36-29(42)31(40)43/h9-10,17-18,28H,7-8,11-16,19-20H2,1-6H3,(H,36,42)(H,44,45). The number of hydrogen-bond donors (Lipinski definition) is 2. The fourth-order valence-corrected chi connectivity index (χ4v) is 6.17. The lowest BCUT2D eigenvalue weighted by molar-refractivity contribution is -0.160. The van der Waals surface area contributed by atoms with E-state index in [4.69, 9.17) is 19.6 Å². The van der Waals surface area contributed by atoms with Crippen molar-refractivity contribution in [1.29, 1.82) is 0 Å². The van der Waals surface area contributed by atoms with Crippen LogP contribution in [-0.2, 0) is 36.9 Å². The number of halogens is 1. The molecule has 1 saturated heterocycles. The van der Waals surface area contributed by atoms with E-state index in [0.29, 0.717) is 85.9 Å². The van der Waals surface area contributed by atoms with Gasteiger partial charge < -0.3 is 29.7 Å². The summed E-state index contributed by atoms with van der Waals surface area (Å²) < 4.78 is 28.0. The fraction of sp³-hybridized carbons (Fsp3) is 0.559. The summed E-state index contributed by atoms with van der Waals surface area (Å²) in [7, 11) is 0. The Morgan fingerprint density at radius 1 is 1.15 bits per heavy atom. The van der Waals surface area contributed by atoms with Crippen molar-refractivity contribution in [3.63, 3.8) is 0 Å². The molecule has 254 valence electrons. The van der Waals surface area contributed by atoms with Crippen molar-refractivity contribution >= 4 is 29.2 Å². The van der Waals surface area contributed by atoms with E-state index in [1.165, 1.54) is 11.0 Å². The molecule has 3 aliphatic heterocycles. The lowest BCUT2D eigenvalue weighted by Crippen LogP contribution is -2.46. The second kappa shape index (κ2) is 13.6. The van der Waals surface area contributed by atoms with Crippen molar-refractivity contribution in [3.8, 4) is 0 Å². The summed E-state index contributed by atoms with van der Waals surface area (Å²) in [5.74, 6) is -2.38. The SMILES string of the molecule is Cc1cc(CN2CCCCOC3(C)CCN(CC3)c3c(C(OC(C)(C)C)C(=O)O)c(C)nc4cc(nn34)CNC(=O)C2=O)ccc1F. The Morgan fingerprint density at radius 2 is 1.87 bits per heavy atom. The monoisotopic (exact) mass is 652 g/mol. The summed E-state index contributed by atoms with van der Waals surface area (Å²) in [6.45, 7) is 13.0. The molecule has 2 N–H and O–H groups in total. The molecule has 4 bridgehead atoms. The molecule has 0 aliphatic carbocycles. The van der Waals surface area contributed by atoms with Crippen molar-refractivity contribution in [2.24, 2.45) is 0 Å². The van der Waals surface area contributed by atoms with E-state index in [1.54, 1.807) is 57.3 Å². The third-order valence-corrected chi connectivity index (χ3v) is 8.71. The zero-order chi connectivity index (χ0) is 34.1. The van der Waals surface area contributed by atoms with Gasteiger partial charge in [0, 0.05) is 44.5 Å². The highest BCUT2D eigenvalue weighted by Crippen LogP contribution is 2.37. The van der Waals surface area contributed by atoms with Gasteiger partial charge in [-0.25, -0.2) is 14.2 Å². The van der Waals surface area contributed by atoms with Crippen LogP contribution in [0.2, 0.25) is 0 Å². The van der Waals surface area contributed by atoms with E-state index in [9.17, 15) is 23.9 Å². The van der Waals surface area contributed by atoms with Gasteiger partial charge >= 0.3 is 17.8 Å². The van der Waals surface area contributed by atoms with Crippen LogP contribution >= 0.6 is 0 Å². The molecule has 13 heteroatoms. The second-order valence-electron chi connectivity index (χ2n) is 13.8. The van der Waals surface area contributed by atoms with Gasteiger partial charge in [0.1, 0.15) is 11.6 Å². The van der Waals surface area contributed by atoms with Gasteiger partial charge in [-0.3, -0.25) is 9.59 Å². The van der Waals surface area contributed by atoms with E-state index in [2.05, 4.69) is 17.1 Å². The first-order valence-corrected chi connectivity index (χ1v) is 16.1. The maximum absolute atomic E-state index is 13.9. The van der Waals surface area contributed by atoms with Crippen molar-refractivity contribution < 1.29 is 33.4 Å². The Labute approximate surface area is 274 Å². The number of piperidine rings is 1.